The molecule has 4 rings (SSSR count). The number of hydrogen-bond acceptors (Lipinski definition) is 4. The van der Waals surface area contributed by atoms with Crippen molar-refractivity contribution in [2.45, 2.75) is 39.7 Å². The first-order valence-corrected chi connectivity index (χ1v) is 10.3. The van der Waals surface area contributed by atoms with Crippen molar-refractivity contribution in [2.24, 2.45) is 5.41 Å². The van der Waals surface area contributed by atoms with Gasteiger partial charge in [-0.3, -0.25) is 9.69 Å². The van der Waals surface area contributed by atoms with Crippen LogP contribution in [0.1, 0.15) is 46.7 Å². The summed E-state index contributed by atoms with van der Waals surface area (Å²) in [5.41, 5.74) is 1.43. The summed E-state index contributed by atoms with van der Waals surface area (Å²) in [6, 6.07) is 6.74. The number of nitrogens with zero attached hydrogens (tertiary/aromatic N) is 2. The molecule has 156 valence electrons. The molecule has 2 aromatic rings. The highest BCUT2D eigenvalue weighted by atomic mass is 19.1. The van der Waals surface area contributed by atoms with Crippen molar-refractivity contribution in [1.29, 1.82) is 0 Å². The molecule has 3 heterocycles. The molecule has 1 atom stereocenters. The molecule has 5 nitrogen and oxygen atoms in total. The average molecular weight is 400 g/mol. The van der Waals surface area contributed by atoms with Crippen LogP contribution in [0.15, 0.2) is 28.7 Å². The van der Waals surface area contributed by atoms with Gasteiger partial charge in [0.2, 0.25) is 0 Å². The Labute approximate surface area is 171 Å². The van der Waals surface area contributed by atoms with Crippen LogP contribution in [0.5, 0.6) is 5.75 Å². The van der Waals surface area contributed by atoms with Crippen LogP contribution in [0.25, 0.3) is 0 Å². The van der Waals surface area contributed by atoms with Gasteiger partial charge in [0, 0.05) is 37.2 Å². The average Bonchev–Trinajstić information content (AvgIpc) is 3.26. The summed E-state index contributed by atoms with van der Waals surface area (Å²) in [5.74, 6) is 2.00. The van der Waals surface area contributed by atoms with Gasteiger partial charge in [0.25, 0.3) is 5.91 Å². The number of amides is 1. The van der Waals surface area contributed by atoms with E-state index in [-0.39, 0.29) is 17.1 Å². The van der Waals surface area contributed by atoms with Crippen molar-refractivity contribution >= 4 is 5.91 Å². The van der Waals surface area contributed by atoms with Gasteiger partial charge < -0.3 is 14.1 Å². The minimum Gasteiger partial charge on any atom is -0.497 e. The summed E-state index contributed by atoms with van der Waals surface area (Å²) in [6.07, 6.45) is 3.17. The van der Waals surface area contributed by atoms with E-state index in [1.165, 1.54) is 6.07 Å². The molecule has 1 aromatic heterocycles. The third-order valence-electron chi connectivity index (χ3n) is 6.38. The third-order valence-corrected chi connectivity index (χ3v) is 6.38. The van der Waals surface area contributed by atoms with Crippen molar-refractivity contribution in [3.05, 3.63) is 52.7 Å². The molecule has 2 aliphatic heterocycles. The van der Waals surface area contributed by atoms with Crippen LogP contribution in [0.3, 0.4) is 0 Å². The zero-order chi connectivity index (χ0) is 20.6. The fourth-order valence-electron chi connectivity index (χ4n) is 4.94. The molecule has 0 aliphatic carbocycles. The highest BCUT2D eigenvalue weighted by Crippen LogP contribution is 2.40. The summed E-state index contributed by atoms with van der Waals surface area (Å²) in [4.78, 5) is 17.3. The standard InChI is InChI=1S/C23H29FN2O3/c1-16-11-20(17(2)29-16)22(27)26-10-8-23(15-26)7-4-9-25(14-23)13-18-12-19(28-3)5-6-21(18)24/h5-6,11-12H,4,7-10,13-15H2,1-3H3. The molecular formula is C23H29FN2O3. The number of furan rings is 1. The fourth-order valence-corrected chi connectivity index (χ4v) is 4.94. The summed E-state index contributed by atoms with van der Waals surface area (Å²) in [7, 11) is 1.60. The van der Waals surface area contributed by atoms with Crippen LogP contribution >= 0.6 is 0 Å². The number of carbonyl (C=O) groups excluding carboxylic acids is 1. The largest absolute Gasteiger partial charge is 0.497 e. The van der Waals surface area contributed by atoms with Crippen LogP contribution in [-0.4, -0.2) is 49.0 Å². The molecule has 0 bridgehead atoms. The van der Waals surface area contributed by atoms with E-state index in [4.69, 9.17) is 9.15 Å². The Morgan fingerprint density at radius 2 is 2.03 bits per heavy atom. The summed E-state index contributed by atoms with van der Waals surface area (Å²) < 4.78 is 25.1. The third kappa shape index (κ3) is 4.04. The normalized spacial score (nSPS) is 22.4. The second-order valence-corrected chi connectivity index (χ2v) is 8.58. The fraction of sp³-hybridized carbons (Fsp3) is 0.522. The Balaban J connectivity index is 1.44. The Bertz CT molecular complexity index is 910. The topological polar surface area (TPSA) is 45.9 Å². The number of piperidine rings is 1. The number of aryl methyl sites for hydroxylation is 2. The van der Waals surface area contributed by atoms with Gasteiger partial charge in [-0.2, -0.15) is 0 Å². The lowest BCUT2D eigenvalue weighted by atomic mass is 9.79. The smallest absolute Gasteiger partial charge is 0.257 e. The van der Waals surface area contributed by atoms with Crippen molar-refractivity contribution in [2.75, 3.05) is 33.3 Å². The molecule has 29 heavy (non-hydrogen) atoms. The Hall–Kier alpha value is -2.34. The quantitative estimate of drug-likeness (QED) is 0.773. The molecule has 1 spiro atoms. The number of halogens is 1. The maximum Gasteiger partial charge on any atom is 0.257 e. The minimum atomic E-state index is -0.195. The molecule has 1 unspecified atom stereocenters. The lowest BCUT2D eigenvalue weighted by Crippen LogP contribution is -2.45. The SMILES string of the molecule is COc1ccc(F)c(CN2CCCC3(CCN(C(=O)c4cc(C)oc4C)C3)C2)c1. The first kappa shape index (κ1) is 20.0. The molecule has 0 saturated carbocycles. The number of rotatable bonds is 4. The number of ether oxygens (including phenoxy) is 1. The van der Waals surface area contributed by atoms with Crippen LogP contribution in [0, 0.1) is 25.1 Å². The highest BCUT2D eigenvalue weighted by molar-refractivity contribution is 5.95. The van der Waals surface area contributed by atoms with E-state index in [0.29, 0.717) is 29.2 Å². The summed E-state index contributed by atoms with van der Waals surface area (Å²) in [6.45, 7) is 7.64. The van der Waals surface area contributed by atoms with Crippen molar-refractivity contribution in [3.8, 4) is 5.75 Å². The molecule has 6 heteroatoms. The molecule has 2 fully saturated rings. The van der Waals surface area contributed by atoms with Gasteiger partial charge in [-0.1, -0.05) is 0 Å². The number of benzene rings is 1. The maximum atomic E-state index is 14.3. The van der Waals surface area contributed by atoms with E-state index in [1.54, 1.807) is 19.2 Å². The van der Waals surface area contributed by atoms with E-state index in [0.717, 1.165) is 51.2 Å². The first-order valence-electron chi connectivity index (χ1n) is 10.3. The van der Waals surface area contributed by atoms with Gasteiger partial charge in [0.15, 0.2) is 0 Å². The predicted octanol–water partition coefficient (Wildman–Crippen LogP) is 4.17. The minimum absolute atomic E-state index is 0.0622. The number of hydrogen-bond donors (Lipinski definition) is 0. The second-order valence-electron chi connectivity index (χ2n) is 8.58. The lowest BCUT2D eigenvalue weighted by Gasteiger charge is -2.40. The Kier molecular flexibility index (Phi) is 5.38. The van der Waals surface area contributed by atoms with Crippen LogP contribution in [0.2, 0.25) is 0 Å². The highest BCUT2D eigenvalue weighted by Gasteiger charge is 2.43. The van der Waals surface area contributed by atoms with Gasteiger partial charge in [0.05, 0.1) is 12.7 Å². The monoisotopic (exact) mass is 400 g/mol. The number of carbonyl (C=O) groups is 1. The van der Waals surface area contributed by atoms with E-state index in [2.05, 4.69) is 4.90 Å². The second kappa shape index (κ2) is 7.82. The zero-order valence-corrected chi connectivity index (χ0v) is 17.5. The molecule has 2 saturated heterocycles. The number of methoxy groups -OCH3 is 1. The molecule has 1 aromatic carbocycles. The Morgan fingerprint density at radius 3 is 2.76 bits per heavy atom. The van der Waals surface area contributed by atoms with E-state index in [1.807, 2.05) is 24.8 Å². The first-order chi connectivity index (χ1) is 13.9. The molecular weight excluding hydrogens is 371 g/mol. The van der Waals surface area contributed by atoms with Gasteiger partial charge in [-0.05, 0) is 63.9 Å². The van der Waals surface area contributed by atoms with Gasteiger partial charge >= 0.3 is 0 Å². The van der Waals surface area contributed by atoms with Gasteiger partial charge in [-0.15, -0.1) is 0 Å². The number of likely N-dealkylation sites (tertiary alicyclic amines) is 2. The Morgan fingerprint density at radius 1 is 1.21 bits per heavy atom. The summed E-state index contributed by atoms with van der Waals surface area (Å²) in [5, 5.41) is 0. The van der Waals surface area contributed by atoms with Crippen LogP contribution in [0.4, 0.5) is 4.39 Å². The van der Waals surface area contributed by atoms with Crippen molar-refractivity contribution < 1.29 is 18.3 Å². The molecule has 2 aliphatic rings. The predicted molar refractivity (Wildman–Crippen MR) is 109 cm³/mol. The van der Waals surface area contributed by atoms with Crippen molar-refractivity contribution in [3.63, 3.8) is 0 Å². The summed E-state index contributed by atoms with van der Waals surface area (Å²) >= 11 is 0. The van der Waals surface area contributed by atoms with Gasteiger partial charge in [-0.25, -0.2) is 4.39 Å². The van der Waals surface area contributed by atoms with Crippen molar-refractivity contribution in [1.82, 2.24) is 9.80 Å². The molecule has 0 radical (unpaired) electrons. The van der Waals surface area contributed by atoms with Crippen LogP contribution in [-0.2, 0) is 6.54 Å². The van der Waals surface area contributed by atoms with Crippen LogP contribution < -0.4 is 4.74 Å². The maximum absolute atomic E-state index is 14.3. The lowest BCUT2D eigenvalue weighted by molar-refractivity contribution is 0.0672. The zero-order valence-electron chi connectivity index (χ0n) is 17.5. The molecule has 1 amide bonds. The van der Waals surface area contributed by atoms with E-state index in [9.17, 15) is 9.18 Å². The molecule has 0 N–H and O–H groups in total. The van der Waals surface area contributed by atoms with E-state index >= 15 is 0 Å². The van der Waals surface area contributed by atoms with Gasteiger partial charge in [0.1, 0.15) is 23.1 Å². The van der Waals surface area contributed by atoms with E-state index < -0.39 is 0 Å².